The molecule has 62 valence electrons. The van der Waals surface area contributed by atoms with Gasteiger partial charge in [0.15, 0.2) is 5.13 Å². The fourth-order valence-corrected chi connectivity index (χ4v) is 1.48. The Kier molecular flexibility index (Phi) is 2.46. The number of hydrogen-bond donors (Lipinski definition) is 1. The molecule has 0 saturated carbocycles. The lowest BCUT2D eigenvalue weighted by atomic mass is 10.3. The zero-order valence-corrected chi connectivity index (χ0v) is 7.85. The molecule has 0 fully saturated rings. The van der Waals surface area contributed by atoms with Crippen molar-refractivity contribution in [3.8, 4) is 0 Å². The average Bonchev–Trinajstić information content (AvgIpc) is 2.33. The Balaban J connectivity index is 2.82. The Morgan fingerprint density at radius 2 is 2.27 bits per heavy atom. The molecule has 1 atom stereocenters. The van der Waals surface area contributed by atoms with Crippen molar-refractivity contribution in [3.05, 3.63) is 11.1 Å². The number of nitrogens with two attached hydrogens (primary N) is 1. The number of hydrogen-bond acceptors (Lipinski definition) is 4. The highest BCUT2D eigenvalue weighted by molar-refractivity contribution is 7.15. The average molecular weight is 171 g/mol. The lowest BCUT2D eigenvalue weighted by Crippen LogP contribution is -2.07. The molecular formula is C7H13N3S. The number of thiazole rings is 1. The SMILES string of the molecule is CC(N)c1cnc(N(C)C)s1. The zero-order chi connectivity index (χ0) is 8.43. The van der Waals surface area contributed by atoms with Gasteiger partial charge in [-0.3, -0.25) is 0 Å². The monoisotopic (exact) mass is 171 g/mol. The minimum atomic E-state index is 0.0983. The number of anilines is 1. The van der Waals surface area contributed by atoms with Crippen LogP contribution in [0.2, 0.25) is 0 Å². The molecule has 0 bridgehead atoms. The number of nitrogens with zero attached hydrogens (tertiary/aromatic N) is 2. The van der Waals surface area contributed by atoms with E-state index in [0.29, 0.717) is 0 Å². The third-order valence-electron chi connectivity index (χ3n) is 1.34. The molecule has 0 saturated heterocycles. The molecule has 0 aromatic carbocycles. The topological polar surface area (TPSA) is 42.1 Å². The van der Waals surface area contributed by atoms with Crippen LogP contribution in [0.25, 0.3) is 0 Å². The molecule has 0 aliphatic heterocycles. The lowest BCUT2D eigenvalue weighted by Gasteiger charge is -2.05. The first-order valence-electron chi connectivity index (χ1n) is 3.50. The fourth-order valence-electron chi connectivity index (χ4n) is 0.694. The highest BCUT2D eigenvalue weighted by atomic mass is 32.1. The van der Waals surface area contributed by atoms with Gasteiger partial charge in [-0.25, -0.2) is 4.98 Å². The minimum absolute atomic E-state index is 0.0983. The van der Waals surface area contributed by atoms with Gasteiger partial charge in [-0.15, -0.1) is 11.3 Å². The summed E-state index contributed by atoms with van der Waals surface area (Å²) < 4.78 is 0. The van der Waals surface area contributed by atoms with Gasteiger partial charge in [-0.2, -0.15) is 0 Å². The Labute approximate surface area is 70.9 Å². The van der Waals surface area contributed by atoms with Gasteiger partial charge in [0.25, 0.3) is 0 Å². The summed E-state index contributed by atoms with van der Waals surface area (Å²) in [4.78, 5) is 7.32. The van der Waals surface area contributed by atoms with Crippen LogP contribution >= 0.6 is 11.3 Å². The summed E-state index contributed by atoms with van der Waals surface area (Å²) in [7, 11) is 3.95. The fraction of sp³-hybridized carbons (Fsp3) is 0.571. The molecule has 1 rings (SSSR count). The molecule has 1 aromatic rings. The first kappa shape index (κ1) is 8.49. The van der Waals surface area contributed by atoms with Crippen molar-refractivity contribution in [1.82, 2.24) is 4.98 Å². The van der Waals surface area contributed by atoms with E-state index in [4.69, 9.17) is 5.73 Å². The number of aromatic nitrogens is 1. The quantitative estimate of drug-likeness (QED) is 0.727. The summed E-state index contributed by atoms with van der Waals surface area (Å²) in [6, 6.07) is 0.0983. The van der Waals surface area contributed by atoms with E-state index in [1.807, 2.05) is 32.1 Å². The minimum Gasteiger partial charge on any atom is -0.354 e. The molecule has 1 heterocycles. The zero-order valence-electron chi connectivity index (χ0n) is 7.03. The van der Waals surface area contributed by atoms with Crippen LogP contribution in [0.5, 0.6) is 0 Å². The molecule has 0 amide bonds. The predicted octanol–water partition coefficient (Wildman–Crippen LogP) is 1.23. The van der Waals surface area contributed by atoms with Gasteiger partial charge in [0.1, 0.15) is 0 Å². The standard InChI is InChI=1S/C7H13N3S/c1-5(8)6-4-9-7(11-6)10(2)3/h4-5H,8H2,1-3H3. The Morgan fingerprint density at radius 1 is 1.64 bits per heavy atom. The summed E-state index contributed by atoms with van der Waals surface area (Å²) >= 11 is 1.64. The molecule has 11 heavy (non-hydrogen) atoms. The second-order valence-electron chi connectivity index (χ2n) is 2.73. The maximum absolute atomic E-state index is 5.68. The van der Waals surface area contributed by atoms with Gasteiger partial charge in [0.05, 0.1) is 0 Å². The van der Waals surface area contributed by atoms with E-state index in [2.05, 4.69) is 4.98 Å². The number of rotatable bonds is 2. The molecule has 0 spiro atoms. The van der Waals surface area contributed by atoms with Crippen LogP contribution in [0.15, 0.2) is 6.20 Å². The highest BCUT2D eigenvalue weighted by Crippen LogP contribution is 2.23. The highest BCUT2D eigenvalue weighted by Gasteiger charge is 2.05. The molecular weight excluding hydrogens is 158 g/mol. The van der Waals surface area contributed by atoms with Crippen LogP contribution < -0.4 is 10.6 Å². The van der Waals surface area contributed by atoms with Crippen molar-refractivity contribution in [2.45, 2.75) is 13.0 Å². The van der Waals surface area contributed by atoms with Crippen LogP contribution in [0.1, 0.15) is 17.8 Å². The van der Waals surface area contributed by atoms with Crippen LogP contribution in [0.3, 0.4) is 0 Å². The van der Waals surface area contributed by atoms with Crippen LogP contribution in [0.4, 0.5) is 5.13 Å². The van der Waals surface area contributed by atoms with Gasteiger partial charge in [0, 0.05) is 31.2 Å². The molecule has 1 aromatic heterocycles. The first-order valence-corrected chi connectivity index (χ1v) is 4.31. The summed E-state index contributed by atoms with van der Waals surface area (Å²) in [5.74, 6) is 0. The van der Waals surface area contributed by atoms with Crippen molar-refractivity contribution in [1.29, 1.82) is 0 Å². The van der Waals surface area contributed by atoms with E-state index in [1.165, 1.54) is 0 Å². The summed E-state index contributed by atoms with van der Waals surface area (Å²) in [5.41, 5.74) is 5.68. The van der Waals surface area contributed by atoms with Gasteiger partial charge in [-0.05, 0) is 6.92 Å². The van der Waals surface area contributed by atoms with Crippen molar-refractivity contribution in [2.75, 3.05) is 19.0 Å². The van der Waals surface area contributed by atoms with Crippen molar-refractivity contribution in [3.63, 3.8) is 0 Å². The van der Waals surface area contributed by atoms with E-state index in [0.717, 1.165) is 10.0 Å². The third kappa shape index (κ3) is 1.91. The third-order valence-corrected chi connectivity index (χ3v) is 2.71. The van der Waals surface area contributed by atoms with Crippen LogP contribution in [0, 0.1) is 0 Å². The molecule has 1 unspecified atom stereocenters. The van der Waals surface area contributed by atoms with E-state index in [-0.39, 0.29) is 6.04 Å². The largest absolute Gasteiger partial charge is 0.354 e. The van der Waals surface area contributed by atoms with E-state index in [1.54, 1.807) is 11.3 Å². The molecule has 3 nitrogen and oxygen atoms in total. The van der Waals surface area contributed by atoms with Crippen molar-refractivity contribution in [2.24, 2.45) is 5.73 Å². The normalized spacial score (nSPS) is 13.1. The Hall–Kier alpha value is -0.610. The summed E-state index contributed by atoms with van der Waals surface area (Å²) in [5, 5.41) is 1.01. The predicted molar refractivity (Wildman–Crippen MR) is 49.0 cm³/mol. The van der Waals surface area contributed by atoms with Crippen LogP contribution in [-0.2, 0) is 0 Å². The van der Waals surface area contributed by atoms with E-state index < -0.39 is 0 Å². The van der Waals surface area contributed by atoms with Gasteiger partial charge < -0.3 is 10.6 Å². The van der Waals surface area contributed by atoms with Crippen molar-refractivity contribution >= 4 is 16.5 Å². The summed E-state index contributed by atoms with van der Waals surface area (Å²) in [6.07, 6.45) is 1.84. The van der Waals surface area contributed by atoms with Crippen LogP contribution in [-0.4, -0.2) is 19.1 Å². The Morgan fingerprint density at radius 3 is 2.55 bits per heavy atom. The maximum Gasteiger partial charge on any atom is 0.185 e. The van der Waals surface area contributed by atoms with Crippen molar-refractivity contribution < 1.29 is 0 Å². The summed E-state index contributed by atoms with van der Waals surface area (Å²) in [6.45, 7) is 1.97. The van der Waals surface area contributed by atoms with E-state index >= 15 is 0 Å². The molecule has 0 aliphatic rings. The van der Waals surface area contributed by atoms with E-state index in [9.17, 15) is 0 Å². The lowest BCUT2D eigenvalue weighted by molar-refractivity contribution is 0.835. The molecule has 0 radical (unpaired) electrons. The first-order chi connectivity index (χ1) is 5.11. The maximum atomic E-state index is 5.68. The molecule has 0 aliphatic carbocycles. The van der Waals surface area contributed by atoms with Gasteiger partial charge in [-0.1, -0.05) is 0 Å². The second kappa shape index (κ2) is 3.19. The molecule has 2 N–H and O–H groups in total. The van der Waals surface area contributed by atoms with Gasteiger partial charge >= 0.3 is 0 Å². The van der Waals surface area contributed by atoms with Gasteiger partial charge in [0.2, 0.25) is 0 Å². The Bertz CT molecular complexity index is 207. The molecule has 4 heteroatoms. The smallest absolute Gasteiger partial charge is 0.185 e. The second-order valence-corrected chi connectivity index (χ2v) is 3.77.